The third-order valence-electron chi connectivity index (χ3n) is 1.28. The molecule has 0 spiro atoms. The van der Waals surface area contributed by atoms with Gasteiger partial charge in [-0.3, -0.25) is 5.10 Å². The quantitative estimate of drug-likeness (QED) is 0.837. The van der Waals surface area contributed by atoms with Crippen LogP contribution in [0.3, 0.4) is 0 Å². The van der Waals surface area contributed by atoms with E-state index in [1.165, 1.54) is 18.1 Å². The number of pyridine rings is 1. The summed E-state index contributed by atoms with van der Waals surface area (Å²) in [6.07, 6.45) is 1.47. The molecule has 66 valence electrons. The van der Waals surface area contributed by atoms with Crippen LogP contribution in [0.2, 0.25) is 0 Å². The van der Waals surface area contributed by atoms with Gasteiger partial charge < -0.3 is 0 Å². The molecule has 0 bridgehead atoms. The van der Waals surface area contributed by atoms with Crippen LogP contribution in [-0.4, -0.2) is 20.2 Å². The Morgan fingerprint density at radius 3 is 3.00 bits per heavy atom. The van der Waals surface area contributed by atoms with Crippen LogP contribution in [0.4, 0.5) is 0 Å². The van der Waals surface area contributed by atoms with Gasteiger partial charge in [0.1, 0.15) is 16.0 Å². The van der Waals surface area contributed by atoms with Crippen molar-refractivity contribution in [3.8, 4) is 0 Å². The first-order valence-electron chi connectivity index (χ1n) is 3.50. The molecule has 2 rings (SSSR count). The van der Waals surface area contributed by atoms with Crippen LogP contribution in [0.25, 0.3) is 0 Å². The molecule has 0 aliphatic carbocycles. The van der Waals surface area contributed by atoms with Crippen molar-refractivity contribution in [3.63, 3.8) is 0 Å². The molecular weight excluding hydrogens is 252 g/mol. The number of hydrogen-bond acceptors (Lipinski definition) is 4. The van der Waals surface area contributed by atoms with E-state index >= 15 is 0 Å². The molecule has 0 radical (unpaired) electrons. The molecule has 0 aromatic carbocycles. The predicted molar refractivity (Wildman–Crippen MR) is 52.4 cm³/mol. The first-order valence-corrected chi connectivity index (χ1v) is 5.11. The number of nitrogens with one attached hydrogen (secondary N) is 1. The van der Waals surface area contributed by atoms with Crippen LogP contribution in [0.15, 0.2) is 39.3 Å². The van der Waals surface area contributed by atoms with Gasteiger partial charge in [-0.1, -0.05) is 6.07 Å². The molecular formula is C7H5BrN4S. The molecule has 6 heteroatoms. The van der Waals surface area contributed by atoms with E-state index in [-0.39, 0.29) is 0 Å². The normalized spacial score (nSPS) is 10.2. The van der Waals surface area contributed by atoms with Gasteiger partial charge in [-0.15, -0.1) is 0 Å². The molecule has 2 aromatic heterocycles. The Bertz CT molecular complexity index is 389. The summed E-state index contributed by atoms with van der Waals surface area (Å²) in [6, 6.07) is 5.72. The first-order chi connectivity index (χ1) is 6.34. The summed E-state index contributed by atoms with van der Waals surface area (Å²) in [6.45, 7) is 0. The topological polar surface area (TPSA) is 54.5 Å². The van der Waals surface area contributed by atoms with Crippen molar-refractivity contribution in [2.75, 3.05) is 0 Å². The molecule has 0 saturated carbocycles. The third-order valence-corrected chi connectivity index (χ3v) is 2.55. The van der Waals surface area contributed by atoms with Crippen molar-refractivity contribution in [1.29, 1.82) is 0 Å². The molecule has 0 aliphatic heterocycles. The van der Waals surface area contributed by atoms with Gasteiger partial charge in [0.2, 0.25) is 0 Å². The number of nitrogens with zero attached hydrogens (tertiary/aromatic N) is 3. The highest BCUT2D eigenvalue weighted by Crippen LogP contribution is 2.22. The van der Waals surface area contributed by atoms with Crippen LogP contribution < -0.4 is 0 Å². The molecule has 2 heterocycles. The van der Waals surface area contributed by atoms with Crippen LogP contribution in [0.1, 0.15) is 0 Å². The number of aromatic nitrogens is 4. The molecule has 0 amide bonds. The van der Waals surface area contributed by atoms with Crippen LogP contribution in [0, 0.1) is 0 Å². The Kier molecular flexibility index (Phi) is 2.60. The molecule has 0 unspecified atom stereocenters. The zero-order valence-corrected chi connectivity index (χ0v) is 8.84. The van der Waals surface area contributed by atoms with Gasteiger partial charge in [-0.25, -0.2) is 9.97 Å². The summed E-state index contributed by atoms with van der Waals surface area (Å²) >= 11 is 4.73. The highest BCUT2D eigenvalue weighted by Gasteiger charge is 2.00. The highest BCUT2D eigenvalue weighted by molar-refractivity contribution is 9.10. The third kappa shape index (κ3) is 2.28. The van der Waals surface area contributed by atoms with Gasteiger partial charge in [0.25, 0.3) is 0 Å². The van der Waals surface area contributed by atoms with Crippen LogP contribution >= 0.6 is 27.7 Å². The molecule has 2 aromatic rings. The SMILES string of the molecule is Brc1cccc(Sc2ncn[nH]2)n1. The van der Waals surface area contributed by atoms with E-state index in [4.69, 9.17) is 0 Å². The number of rotatable bonds is 2. The number of halogens is 1. The van der Waals surface area contributed by atoms with E-state index in [0.29, 0.717) is 0 Å². The van der Waals surface area contributed by atoms with E-state index in [2.05, 4.69) is 36.1 Å². The minimum absolute atomic E-state index is 0.741. The van der Waals surface area contributed by atoms with Gasteiger partial charge in [0, 0.05) is 0 Å². The van der Waals surface area contributed by atoms with Gasteiger partial charge in [0.15, 0.2) is 5.16 Å². The number of H-pyrrole nitrogens is 1. The molecule has 0 aliphatic rings. The van der Waals surface area contributed by atoms with Crippen molar-refractivity contribution in [2.45, 2.75) is 10.2 Å². The summed E-state index contributed by atoms with van der Waals surface area (Å²) in [4.78, 5) is 8.22. The average molecular weight is 257 g/mol. The molecule has 0 atom stereocenters. The van der Waals surface area contributed by atoms with Crippen molar-refractivity contribution in [3.05, 3.63) is 29.1 Å². The van der Waals surface area contributed by atoms with E-state index in [0.717, 1.165) is 14.8 Å². The summed E-state index contributed by atoms with van der Waals surface area (Å²) < 4.78 is 0.817. The molecule has 1 N–H and O–H groups in total. The van der Waals surface area contributed by atoms with Crippen molar-refractivity contribution >= 4 is 27.7 Å². The fourth-order valence-corrected chi connectivity index (χ4v) is 1.94. The largest absolute Gasteiger partial charge is 0.254 e. The van der Waals surface area contributed by atoms with E-state index in [9.17, 15) is 0 Å². The maximum absolute atomic E-state index is 4.24. The lowest BCUT2D eigenvalue weighted by atomic mass is 10.5. The second-order valence-corrected chi connectivity index (χ2v) is 4.01. The summed E-state index contributed by atoms with van der Waals surface area (Å²) in [5.41, 5.74) is 0. The number of aromatic amines is 1. The Labute approximate surface area is 87.3 Å². The standard InChI is InChI=1S/C7H5BrN4S/c8-5-2-1-3-6(11-5)13-7-9-4-10-12-7/h1-4H,(H,9,10,12). The van der Waals surface area contributed by atoms with Crippen molar-refractivity contribution in [2.24, 2.45) is 0 Å². The summed E-state index contributed by atoms with van der Waals surface area (Å²) in [5, 5.41) is 8.12. The van der Waals surface area contributed by atoms with Crippen LogP contribution in [0.5, 0.6) is 0 Å². The van der Waals surface area contributed by atoms with E-state index < -0.39 is 0 Å². The van der Waals surface area contributed by atoms with E-state index in [1.807, 2.05) is 18.2 Å². The minimum Gasteiger partial charge on any atom is -0.254 e. The average Bonchev–Trinajstić information content (AvgIpc) is 2.57. The maximum atomic E-state index is 4.24. The second kappa shape index (κ2) is 3.89. The zero-order chi connectivity index (χ0) is 9.10. The molecule has 4 nitrogen and oxygen atoms in total. The monoisotopic (exact) mass is 256 g/mol. The molecule has 0 fully saturated rings. The van der Waals surface area contributed by atoms with Gasteiger partial charge in [0.05, 0.1) is 0 Å². The number of hydrogen-bond donors (Lipinski definition) is 1. The highest BCUT2D eigenvalue weighted by atomic mass is 79.9. The Morgan fingerprint density at radius 2 is 2.31 bits per heavy atom. The zero-order valence-electron chi connectivity index (χ0n) is 6.44. The smallest absolute Gasteiger partial charge is 0.189 e. The van der Waals surface area contributed by atoms with Gasteiger partial charge in [-0.2, -0.15) is 5.10 Å². The lowest BCUT2D eigenvalue weighted by Gasteiger charge is -1.95. The van der Waals surface area contributed by atoms with Crippen LogP contribution in [-0.2, 0) is 0 Å². The van der Waals surface area contributed by atoms with Crippen molar-refractivity contribution in [1.82, 2.24) is 20.2 Å². The fraction of sp³-hybridized carbons (Fsp3) is 0. The Morgan fingerprint density at radius 1 is 1.38 bits per heavy atom. The minimum atomic E-state index is 0.741. The van der Waals surface area contributed by atoms with E-state index in [1.54, 1.807) is 0 Å². The Balaban J connectivity index is 2.19. The fourth-order valence-electron chi connectivity index (χ4n) is 0.789. The predicted octanol–water partition coefficient (Wildman–Crippen LogP) is 2.11. The summed E-state index contributed by atoms with van der Waals surface area (Å²) in [7, 11) is 0. The first kappa shape index (κ1) is 8.71. The maximum Gasteiger partial charge on any atom is 0.189 e. The summed E-state index contributed by atoms with van der Waals surface area (Å²) in [5.74, 6) is 0. The lowest BCUT2D eigenvalue weighted by Crippen LogP contribution is -1.81. The second-order valence-electron chi connectivity index (χ2n) is 2.19. The van der Waals surface area contributed by atoms with Gasteiger partial charge >= 0.3 is 0 Å². The lowest BCUT2D eigenvalue weighted by molar-refractivity contribution is 0.966. The molecule has 13 heavy (non-hydrogen) atoms. The Hall–Kier alpha value is -0.880. The van der Waals surface area contributed by atoms with Crippen molar-refractivity contribution < 1.29 is 0 Å². The molecule has 0 saturated heterocycles. The van der Waals surface area contributed by atoms with Gasteiger partial charge in [-0.05, 0) is 39.8 Å².